The minimum absolute atomic E-state index is 0.0234. The zero-order valence-corrected chi connectivity index (χ0v) is 11.7. The molecule has 2 aromatic heterocycles. The first-order chi connectivity index (χ1) is 10.0. The molecule has 1 aromatic carbocycles. The van der Waals surface area contributed by atoms with Crippen LogP contribution in [-0.4, -0.2) is 20.2 Å². The SMILES string of the molecule is Oc1cc(F)ccc1-c1nc(-c2ncc(Cl)cc2Cl)no1. The first-order valence-electron chi connectivity index (χ1n) is 5.68. The summed E-state index contributed by atoms with van der Waals surface area (Å²) in [5.41, 5.74) is 0.498. The number of nitrogens with zero attached hydrogens (tertiary/aromatic N) is 3. The fraction of sp³-hybridized carbons (Fsp3) is 0. The number of hydrogen-bond acceptors (Lipinski definition) is 5. The molecule has 0 atom stereocenters. The Balaban J connectivity index is 2.03. The molecule has 0 aliphatic heterocycles. The van der Waals surface area contributed by atoms with Crippen molar-refractivity contribution >= 4 is 23.2 Å². The van der Waals surface area contributed by atoms with Gasteiger partial charge in [0.15, 0.2) is 0 Å². The Bertz CT molecular complexity index is 757. The van der Waals surface area contributed by atoms with Crippen molar-refractivity contribution in [2.75, 3.05) is 0 Å². The number of benzene rings is 1. The van der Waals surface area contributed by atoms with E-state index < -0.39 is 5.82 Å². The minimum Gasteiger partial charge on any atom is -0.507 e. The van der Waals surface area contributed by atoms with Gasteiger partial charge < -0.3 is 9.63 Å². The molecule has 0 aliphatic carbocycles. The third kappa shape index (κ3) is 2.68. The normalized spacial score (nSPS) is 10.8. The summed E-state index contributed by atoms with van der Waals surface area (Å²) < 4.78 is 18.0. The van der Waals surface area contributed by atoms with E-state index >= 15 is 0 Å². The summed E-state index contributed by atoms with van der Waals surface area (Å²) in [4.78, 5) is 8.10. The van der Waals surface area contributed by atoms with Gasteiger partial charge in [-0.15, -0.1) is 0 Å². The van der Waals surface area contributed by atoms with E-state index in [0.29, 0.717) is 5.02 Å². The van der Waals surface area contributed by atoms with Crippen LogP contribution in [-0.2, 0) is 0 Å². The van der Waals surface area contributed by atoms with Crippen molar-refractivity contribution in [2.45, 2.75) is 0 Å². The Labute approximate surface area is 128 Å². The lowest BCUT2D eigenvalue weighted by Crippen LogP contribution is -1.87. The highest BCUT2D eigenvalue weighted by atomic mass is 35.5. The van der Waals surface area contributed by atoms with E-state index in [9.17, 15) is 9.50 Å². The molecule has 0 unspecified atom stereocenters. The summed E-state index contributed by atoms with van der Waals surface area (Å²) >= 11 is 11.8. The van der Waals surface area contributed by atoms with Crippen LogP contribution < -0.4 is 0 Å². The number of rotatable bonds is 2. The van der Waals surface area contributed by atoms with Gasteiger partial charge in [0.2, 0.25) is 5.82 Å². The van der Waals surface area contributed by atoms with Gasteiger partial charge in [-0.1, -0.05) is 28.4 Å². The van der Waals surface area contributed by atoms with E-state index in [2.05, 4.69) is 15.1 Å². The minimum atomic E-state index is -0.571. The van der Waals surface area contributed by atoms with E-state index in [-0.39, 0.29) is 33.7 Å². The molecule has 0 radical (unpaired) electrons. The second-order valence-corrected chi connectivity index (χ2v) is 4.91. The maximum Gasteiger partial charge on any atom is 0.262 e. The maximum absolute atomic E-state index is 13.0. The zero-order chi connectivity index (χ0) is 15.0. The van der Waals surface area contributed by atoms with Crippen LogP contribution in [0.4, 0.5) is 4.39 Å². The van der Waals surface area contributed by atoms with E-state index in [0.717, 1.165) is 6.07 Å². The van der Waals surface area contributed by atoms with Crippen molar-refractivity contribution in [3.05, 3.63) is 46.3 Å². The lowest BCUT2D eigenvalue weighted by atomic mass is 10.2. The highest BCUT2D eigenvalue weighted by molar-refractivity contribution is 6.35. The Morgan fingerprint density at radius 3 is 2.71 bits per heavy atom. The van der Waals surface area contributed by atoms with E-state index in [1.165, 1.54) is 24.4 Å². The van der Waals surface area contributed by atoms with Crippen LogP contribution in [0.5, 0.6) is 5.75 Å². The molecule has 21 heavy (non-hydrogen) atoms. The van der Waals surface area contributed by atoms with Gasteiger partial charge in [-0.3, -0.25) is 0 Å². The summed E-state index contributed by atoms with van der Waals surface area (Å²) in [5.74, 6) is -0.718. The molecule has 0 saturated heterocycles. The van der Waals surface area contributed by atoms with Crippen LogP contribution in [0.25, 0.3) is 23.0 Å². The van der Waals surface area contributed by atoms with Crippen LogP contribution in [0.3, 0.4) is 0 Å². The number of phenols is 1. The molecule has 0 saturated carbocycles. The molecular formula is C13H6Cl2FN3O2. The quantitative estimate of drug-likeness (QED) is 0.772. The predicted octanol–water partition coefficient (Wildman–Crippen LogP) is 3.95. The molecule has 0 fully saturated rings. The Hall–Kier alpha value is -2.18. The molecular weight excluding hydrogens is 320 g/mol. The summed E-state index contributed by atoms with van der Waals surface area (Å²) in [7, 11) is 0. The fourth-order valence-corrected chi connectivity index (χ4v) is 2.16. The average Bonchev–Trinajstić information content (AvgIpc) is 2.87. The van der Waals surface area contributed by atoms with Crippen LogP contribution in [0, 0.1) is 5.82 Å². The van der Waals surface area contributed by atoms with Crippen molar-refractivity contribution in [3.8, 4) is 28.7 Å². The number of hydrogen-bond donors (Lipinski definition) is 1. The third-order valence-corrected chi connectivity index (χ3v) is 3.13. The molecule has 106 valence electrons. The summed E-state index contributed by atoms with van der Waals surface area (Å²) in [6.45, 7) is 0. The molecule has 0 amide bonds. The van der Waals surface area contributed by atoms with E-state index in [1.807, 2.05) is 0 Å². The fourth-order valence-electron chi connectivity index (χ4n) is 1.69. The van der Waals surface area contributed by atoms with Crippen molar-refractivity contribution in [1.82, 2.24) is 15.1 Å². The Kier molecular flexibility index (Phi) is 3.48. The predicted molar refractivity (Wildman–Crippen MR) is 74.6 cm³/mol. The smallest absolute Gasteiger partial charge is 0.262 e. The summed E-state index contributed by atoms with van der Waals surface area (Å²) in [6, 6.07) is 4.95. The van der Waals surface area contributed by atoms with Crippen molar-refractivity contribution in [3.63, 3.8) is 0 Å². The van der Waals surface area contributed by atoms with Gasteiger partial charge in [-0.05, 0) is 18.2 Å². The Morgan fingerprint density at radius 2 is 2.00 bits per heavy atom. The number of aromatic nitrogens is 3. The topological polar surface area (TPSA) is 72.0 Å². The monoisotopic (exact) mass is 325 g/mol. The number of pyridine rings is 1. The van der Waals surface area contributed by atoms with Crippen LogP contribution in [0.15, 0.2) is 35.0 Å². The first kappa shape index (κ1) is 13.8. The van der Waals surface area contributed by atoms with Gasteiger partial charge in [0.05, 0.1) is 15.6 Å². The molecule has 1 N–H and O–H groups in total. The molecule has 8 heteroatoms. The number of halogens is 3. The number of aromatic hydroxyl groups is 1. The molecule has 0 aliphatic rings. The zero-order valence-electron chi connectivity index (χ0n) is 10.2. The summed E-state index contributed by atoms with van der Waals surface area (Å²) in [5, 5.41) is 14.1. The highest BCUT2D eigenvalue weighted by Gasteiger charge is 2.17. The second kappa shape index (κ2) is 5.31. The highest BCUT2D eigenvalue weighted by Crippen LogP contribution is 2.31. The largest absolute Gasteiger partial charge is 0.507 e. The van der Waals surface area contributed by atoms with Gasteiger partial charge in [0.25, 0.3) is 5.89 Å². The molecule has 3 aromatic rings. The summed E-state index contributed by atoms with van der Waals surface area (Å²) in [6.07, 6.45) is 1.40. The van der Waals surface area contributed by atoms with Gasteiger partial charge in [0, 0.05) is 12.3 Å². The molecule has 0 bridgehead atoms. The lowest BCUT2D eigenvalue weighted by Gasteiger charge is -1.99. The van der Waals surface area contributed by atoms with Crippen LogP contribution in [0.1, 0.15) is 0 Å². The van der Waals surface area contributed by atoms with Gasteiger partial charge in [0.1, 0.15) is 17.3 Å². The van der Waals surface area contributed by atoms with Gasteiger partial charge >= 0.3 is 0 Å². The third-order valence-electron chi connectivity index (χ3n) is 2.64. The molecule has 2 heterocycles. The second-order valence-electron chi connectivity index (χ2n) is 4.07. The Morgan fingerprint density at radius 1 is 1.19 bits per heavy atom. The average molecular weight is 326 g/mol. The van der Waals surface area contributed by atoms with Crippen molar-refractivity contribution in [2.24, 2.45) is 0 Å². The van der Waals surface area contributed by atoms with Gasteiger partial charge in [-0.25, -0.2) is 9.37 Å². The van der Waals surface area contributed by atoms with Crippen molar-refractivity contribution in [1.29, 1.82) is 0 Å². The van der Waals surface area contributed by atoms with Gasteiger partial charge in [-0.2, -0.15) is 4.98 Å². The van der Waals surface area contributed by atoms with E-state index in [4.69, 9.17) is 27.7 Å². The van der Waals surface area contributed by atoms with Crippen LogP contribution in [0.2, 0.25) is 10.0 Å². The lowest BCUT2D eigenvalue weighted by molar-refractivity contribution is 0.424. The maximum atomic E-state index is 13.0. The number of phenolic OH excluding ortho intramolecular Hbond substituents is 1. The first-order valence-corrected chi connectivity index (χ1v) is 6.44. The molecule has 5 nitrogen and oxygen atoms in total. The standard InChI is InChI=1S/C13H6Cl2FN3O2/c14-6-3-9(15)11(17-5-6)12-18-13(21-19-12)8-2-1-7(16)4-10(8)20/h1-5,20H. The van der Waals surface area contributed by atoms with E-state index in [1.54, 1.807) is 0 Å². The van der Waals surface area contributed by atoms with Crippen LogP contribution >= 0.6 is 23.2 Å². The molecule has 0 spiro atoms. The van der Waals surface area contributed by atoms with Crippen molar-refractivity contribution < 1.29 is 14.0 Å². The molecule has 3 rings (SSSR count).